The number of alkyl halides is 1. The van der Waals surface area contributed by atoms with Crippen molar-refractivity contribution in [3.05, 3.63) is 29.8 Å². The van der Waals surface area contributed by atoms with Gasteiger partial charge in [-0.15, -0.1) is 0 Å². The fourth-order valence-electron chi connectivity index (χ4n) is 3.24. The van der Waals surface area contributed by atoms with E-state index in [1.807, 2.05) is 12.1 Å². The molecule has 0 bridgehead atoms. The van der Waals surface area contributed by atoms with Crippen LogP contribution in [0, 0.1) is 0 Å². The summed E-state index contributed by atoms with van der Waals surface area (Å²) in [5.41, 5.74) is 2.13. The van der Waals surface area contributed by atoms with Crippen molar-refractivity contribution >= 4 is 33.5 Å². The van der Waals surface area contributed by atoms with E-state index in [4.69, 9.17) is 4.74 Å². The summed E-state index contributed by atoms with van der Waals surface area (Å²) in [4.78, 5) is 26.1. The molecular formula is C20H28BrNO3. The summed E-state index contributed by atoms with van der Waals surface area (Å²) in [6.45, 7) is 2.74. The Morgan fingerprint density at radius 2 is 1.80 bits per heavy atom. The van der Waals surface area contributed by atoms with E-state index in [9.17, 15) is 9.59 Å². The predicted octanol–water partition coefficient (Wildman–Crippen LogP) is 4.63. The van der Waals surface area contributed by atoms with Gasteiger partial charge in [0.05, 0.1) is 7.11 Å². The van der Waals surface area contributed by atoms with Crippen LogP contribution in [0.3, 0.4) is 0 Å². The average molecular weight is 410 g/mol. The van der Waals surface area contributed by atoms with Crippen molar-refractivity contribution in [2.75, 3.05) is 18.6 Å². The Morgan fingerprint density at radius 3 is 2.44 bits per heavy atom. The van der Waals surface area contributed by atoms with Gasteiger partial charge in [-0.3, -0.25) is 4.79 Å². The number of unbranched alkanes of at least 4 members (excludes halogenated alkanes) is 5. The summed E-state index contributed by atoms with van der Waals surface area (Å²) in [5, 5.41) is 0. The number of amides is 1. The lowest BCUT2D eigenvalue weighted by atomic mass is 10.0. The molecule has 0 aliphatic carbocycles. The van der Waals surface area contributed by atoms with E-state index in [1.165, 1.54) is 51.2 Å². The maximum absolute atomic E-state index is 12.6. The zero-order chi connectivity index (χ0) is 18.3. The van der Waals surface area contributed by atoms with Gasteiger partial charge in [0.2, 0.25) is 4.32 Å². The van der Waals surface area contributed by atoms with Crippen LogP contribution in [0.15, 0.2) is 24.3 Å². The first-order valence-corrected chi connectivity index (χ1v) is 10.0. The highest BCUT2D eigenvalue weighted by molar-refractivity contribution is 9.10. The second kappa shape index (κ2) is 9.37. The van der Waals surface area contributed by atoms with E-state index in [0.717, 1.165) is 12.1 Å². The first kappa shape index (κ1) is 20.0. The topological polar surface area (TPSA) is 46.6 Å². The Bertz CT molecular complexity index is 587. The molecule has 1 aliphatic heterocycles. The molecule has 1 amide bonds. The van der Waals surface area contributed by atoms with Gasteiger partial charge in [0.1, 0.15) is 0 Å². The summed E-state index contributed by atoms with van der Waals surface area (Å²) in [7, 11) is 1.30. The van der Waals surface area contributed by atoms with Gasteiger partial charge in [0.25, 0.3) is 5.91 Å². The number of halogens is 1. The molecule has 1 unspecified atom stereocenters. The van der Waals surface area contributed by atoms with Gasteiger partial charge in [-0.1, -0.05) is 67.1 Å². The smallest absolute Gasteiger partial charge is 0.332 e. The van der Waals surface area contributed by atoms with E-state index in [-0.39, 0.29) is 5.91 Å². The number of hydrogen-bond acceptors (Lipinski definition) is 3. The van der Waals surface area contributed by atoms with E-state index >= 15 is 0 Å². The van der Waals surface area contributed by atoms with Crippen LogP contribution in [0.2, 0.25) is 0 Å². The minimum Gasteiger partial charge on any atom is -0.468 e. The fourth-order valence-corrected chi connectivity index (χ4v) is 3.79. The number of esters is 1. The number of anilines is 1. The minimum absolute atomic E-state index is 0.247. The van der Waals surface area contributed by atoms with Crippen LogP contribution in [0.25, 0.3) is 0 Å². The summed E-state index contributed by atoms with van der Waals surface area (Å²) < 4.78 is 3.52. The molecule has 0 saturated carbocycles. The van der Waals surface area contributed by atoms with E-state index in [0.29, 0.717) is 13.0 Å². The molecule has 1 saturated heterocycles. The van der Waals surface area contributed by atoms with E-state index < -0.39 is 10.3 Å². The van der Waals surface area contributed by atoms with Crippen LogP contribution in [-0.2, 0) is 20.7 Å². The average Bonchev–Trinajstić information content (AvgIpc) is 2.94. The number of carbonyl (C=O) groups is 2. The number of ether oxygens (including phenoxy) is 1. The molecule has 1 aliphatic rings. The Kier molecular flexibility index (Phi) is 7.48. The number of nitrogens with zero attached hydrogens (tertiary/aromatic N) is 1. The molecule has 1 heterocycles. The number of rotatable bonds is 9. The van der Waals surface area contributed by atoms with Crippen LogP contribution in [0.4, 0.5) is 5.69 Å². The molecule has 0 N–H and O–H groups in total. The van der Waals surface area contributed by atoms with Crippen molar-refractivity contribution in [2.45, 2.75) is 62.6 Å². The Hall–Kier alpha value is -1.36. The van der Waals surface area contributed by atoms with Crippen molar-refractivity contribution in [1.29, 1.82) is 0 Å². The second-order valence-electron chi connectivity index (χ2n) is 6.68. The number of carbonyl (C=O) groups excluding carboxylic acids is 2. The molecule has 1 aromatic rings. The van der Waals surface area contributed by atoms with Gasteiger partial charge >= 0.3 is 5.97 Å². The number of benzene rings is 1. The molecule has 0 radical (unpaired) electrons. The Morgan fingerprint density at radius 1 is 1.16 bits per heavy atom. The third-order valence-electron chi connectivity index (χ3n) is 4.84. The molecule has 2 rings (SSSR count). The summed E-state index contributed by atoms with van der Waals surface area (Å²) in [5.74, 6) is -0.775. The third kappa shape index (κ3) is 4.84. The zero-order valence-corrected chi connectivity index (χ0v) is 16.8. The fraction of sp³-hybridized carbons (Fsp3) is 0.600. The summed E-state index contributed by atoms with van der Waals surface area (Å²) >= 11 is 3.28. The van der Waals surface area contributed by atoms with Crippen molar-refractivity contribution in [3.63, 3.8) is 0 Å². The Balaban J connectivity index is 1.88. The highest BCUT2D eigenvalue weighted by Gasteiger charge is 2.52. The first-order chi connectivity index (χ1) is 12.0. The van der Waals surface area contributed by atoms with Crippen LogP contribution in [-0.4, -0.2) is 29.9 Å². The molecule has 1 atom stereocenters. The molecule has 0 spiro atoms. The van der Waals surface area contributed by atoms with Gasteiger partial charge < -0.3 is 9.64 Å². The molecule has 0 aromatic heterocycles. The highest BCUT2D eigenvalue weighted by Crippen LogP contribution is 2.36. The second-order valence-corrected chi connectivity index (χ2v) is 8.04. The largest absolute Gasteiger partial charge is 0.468 e. The molecule has 1 aromatic carbocycles. The lowest BCUT2D eigenvalue weighted by molar-refractivity contribution is -0.145. The first-order valence-electron chi connectivity index (χ1n) is 9.21. The Labute approximate surface area is 159 Å². The molecule has 5 heteroatoms. The number of hydrogen-bond donors (Lipinski definition) is 0. The van der Waals surface area contributed by atoms with Crippen LogP contribution < -0.4 is 4.90 Å². The van der Waals surface area contributed by atoms with Crippen LogP contribution >= 0.6 is 15.9 Å². The molecule has 138 valence electrons. The molecule has 25 heavy (non-hydrogen) atoms. The van der Waals surface area contributed by atoms with Crippen molar-refractivity contribution in [1.82, 2.24) is 0 Å². The maximum atomic E-state index is 12.6. The summed E-state index contributed by atoms with van der Waals surface area (Å²) in [6.07, 6.45) is 9.23. The van der Waals surface area contributed by atoms with E-state index in [1.54, 1.807) is 4.90 Å². The van der Waals surface area contributed by atoms with Crippen molar-refractivity contribution in [2.24, 2.45) is 0 Å². The van der Waals surface area contributed by atoms with Crippen molar-refractivity contribution in [3.8, 4) is 0 Å². The van der Waals surface area contributed by atoms with Gasteiger partial charge in [-0.25, -0.2) is 4.79 Å². The van der Waals surface area contributed by atoms with Crippen molar-refractivity contribution < 1.29 is 14.3 Å². The lowest BCUT2D eigenvalue weighted by Crippen LogP contribution is -2.42. The van der Waals surface area contributed by atoms with Crippen LogP contribution in [0.1, 0.15) is 57.4 Å². The normalized spacial score (nSPS) is 20.1. The quantitative estimate of drug-likeness (QED) is 0.258. The minimum atomic E-state index is -1.24. The van der Waals surface area contributed by atoms with Gasteiger partial charge in [0.15, 0.2) is 0 Å². The lowest BCUT2D eigenvalue weighted by Gasteiger charge is -2.20. The standard InChI is InChI=1S/C20H28BrNO3/c1-3-4-5-6-7-8-9-16-10-12-17(13-11-16)22-15-14-20(21,18(22)23)19(24)25-2/h10-13H,3-9,14-15H2,1-2H3. The van der Waals surface area contributed by atoms with Crippen LogP contribution in [0.5, 0.6) is 0 Å². The third-order valence-corrected chi connectivity index (χ3v) is 5.90. The highest BCUT2D eigenvalue weighted by atomic mass is 79.9. The molecular weight excluding hydrogens is 382 g/mol. The maximum Gasteiger partial charge on any atom is 0.332 e. The van der Waals surface area contributed by atoms with Gasteiger partial charge in [-0.2, -0.15) is 0 Å². The number of methoxy groups -OCH3 is 1. The molecule has 1 fully saturated rings. The zero-order valence-electron chi connectivity index (χ0n) is 15.2. The van der Waals surface area contributed by atoms with Gasteiger partial charge in [-0.05, 0) is 30.5 Å². The van der Waals surface area contributed by atoms with E-state index in [2.05, 4.69) is 35.0 Å². The number of aryl methyl sites for hydroxylation is 1. The summed E-state index contributed by atoms with van der Waals surface area (Å²) in [6, 6.07) is 8.11. The molecule has 4 nitrogen and oxygen atoms in total. The monoisotopic (exact) mass is 409 g/mol. The predicted molar refractivity (Wildman–Crippen MR) is 104 cm³/mol. The van der Waals surface area contributed by atoms with Gasteiger partial charge in [0, 0.05) is 18.7 Å². The SMILES string of the molecule is CCCCCCCCc1ccc(N2CCC(Br)(C(=O)OC)C2=O)cc1.